The van der Waals surface area contributed by atoms with E-state index in [0.29, 0.717) is 17.8 Å². The van der Waals surface area contributed by atoms with Crippen molar-refractivity contribution in [2.24, 2.45) is 0 Å². The maximum atomic E-state index is 13.8. The number of nitrogens with zero attached hydrogens (tertiary/aromatic N) is 1. The number of hydrogen-bond donors (Lipinski definition) is 0. The number of anilines is 1. The summed E-state index contributed by atoms with van der Waals surface area (Å²) in [4.78, 5) is 0.254. The molecule has 5 nitrogen and oxygen atoms in total. The molecule has 3 aromatic carbocycles. The highest BCUT2D eigenvalue weighted by Crippen LogP contribution is 2.44. The van der Waals surface area contributed by atoms with Gasteiger partial charge in [0.15, 0.2) is 0 Å². The first-order valence-electron chi connectivity index (χ1n) is 10.0. The van der Waals surface area contributed by atoms with Gasteiger partial charge in [-0.2, -0.15) is 0 Å². The highest BCUT2D eigenvalue weighted by atomic mass is 32.2. The molecule has 1 atom stereocenters. The van der Waals surface area contributed by atoms with Crippen molar-refractivity contribution >= 4 is 21.8 Å². The van der Waals surface area contributed by atoms with Crippen LogP contribution in [-0.4, -0.2) is 22.6 Å². The molecule has 1 aliphatic rings. The summed E-state index contributed by atoms with van der Waals surface area (Å²) < 4.78 is 40.0. The number of ether oxygens (including phenoxy) is 2. The molecule has 0 saturated carbocycles. The minimum atomic E-state index is -3.82. The van der Waals surface area contributed by atoms with Gasteiger partial charge in [-0.05, 0) is 48.9 Å². The zero-order chi connectivity index (χ0) is 22.0. The first kappa shape index (κ1) is 21.2. The molecule has 1 heterocycles. The van der Waals surface area contributed by atoms with Gasteiger partial charge >= 0.3 is 0 Å². The van der Waals surface area contributed by atoms with Crippen LogP contribution in [0.1, 0.15) is 29.2 Å². The van der Waals surface area contributed by atoms with Gasteiger partial charge in [-0.1, -0.05) is 48.0 Å². The monoisotopic (exact) mass is 435 g/mol. The highest BCUT2D eigenvalue weighted by molar-refractivity contribution is 7.93. The van der Waals surface area contributed by atoms with E-state index in [1.807, 2.05) is 73.7 Å². The fraction of sp³-hybridized carbons (Fsp3) is 0.200. The molecule has 31 heavy (non-hydrogen) atoms. The molecule has 0 bridgehead atoms. The van der Waals surface area contributed by atoms with Crippen molar-refractivity contribution in [1.29, 1.82) is 0 Å². The lowest BCUT2D eigenvalue weighted by Gasteiger charge is -2.36. The van der Waals surface area contributed by atoms with Crippen LogP contribution in [0.2, 0.25) is 0 Å². The normalized spacial score (nSPS) is 17.5. The van der Waals surface area contributed by atoms with Crippen LogP contribution >= 0.6 is 0 Å². The molecule has 0 aliphatic carbocycles. The van der Waals surface area contributed by atoms with Gasteiger partial charge in [0.05, 0.1) is 23.8 Å². The number of fused-ring (bicyclic) bond motifs is 1. The van der Waals surface area contributed by atoms with Crippen LogP contribution in [0, 0.1) is 6.92 Å². The molecule has 0 N–H and O–H groups in total. The standard InChI is InChI=1S/C25H25NO4S/c1-18-8-14-22(15-9-18)31(27,28)26-20(16-19-10-12-21(29-2)13-11-19)17-25(30-3)23-6-4-5-7-24(23)26/h4-16,25H,17H2,1-3H3/b20-16+. The van der Waals surface area contributed by atoms with Crippen molar-refractivity contribution in [2.75, 3.05) is 18.5 Å². The molecular formula is C25H25NO4S. The SMILES string of the molecule is COc1ccc(/C=C2\CC(OC)c3ccccc3N2S(=O)(=O)c2ccc(C)cc2)cc1. The second kappa shape index (κ2) is 8.57. The molecule has 3 aromatic rings. The fourth-order valence-corrected chi connectivity index (χ4v) is 5.35. The fourth-order valence-electron chi connectivity index (χ4n) is 3.80. The molecule has 1 aliphatic heterocycles. The predicted molar refractivity (Wildman–Crippen MR) is 123 cm³/mol. The van der Waals surface area contributed by atoms with E-state index in [4.69, 9.17) is 9.47 Å². The van der Waals surface area contributed by atoms with Gasteiger partial charge < -0.3 is 9.47 Å². The lowest BCUT2D eigenvalue weighted by molar-refractivity contribution is 0.102. The van der Waals surface area contributed by atoms with Crippen molar-refractivity contribution in [3.05, 3.63) is 95.2 Å². The average molecular weight is 436 g/mol. The molecule has 0 aromatic heterocycles. The summed E-state index contributed by atoms with van der Waals surface area (Å²) in [6, 6.07) is 22.0. The van der Waals surface area contributed by atoms with Crippen LogP contribution in [-0.2, 0) is 14.8 Å². The summed E-state index contributed by atoms with van der Waals surface area (Å²) in [5.41, 5.74) is 4.00. The molecule has 4 rings (SSSR count). The molecule has 0 saturated heterocycles. The third-order valence-corrected chi connectivity index (χ3v) is 7.23. The van der Waals surface area contributed by atoms with E-state index in [1.54, 1.807) is 26.4 Å². The largest absolute Gasteiger partial charge is 0.497 e. The van der Waals surface area contributed by atoms with Gasteiger partial charge in [-0.25, -0.2) is 12.7 Å². The molecule has 6 heteroatoms. The summed E-state index contributed by atoms with van der Waals surface area (Å²) in [6.07, 6.45) is 2.10. The Morgan fingerprint density at radius 3 is 2.26 bits per heavy atom. The number of para-hydroxylation sites is 1. The Morgan fingerprint density at radius 2 is 1.61 bits per heavy atom. The third-order valence-electron chi connectivity index (χ3n) is 5.45. The molecule has 160 valence electrons. The van der Waals surface area contributed by atoms with E-state index in [9.17, 15) is 8.42 Å². The number of rotatable bonds is 5. The second-order valence-corrected chi connectivity index (χ2v) is 9.27. The minimum absolute atomic E-state index is 0.231. The van der Waals surface area contributed by atoms with E-state index in [0.717, 1.165) is 22.4 Å². The summed E-state index contributed by atoms with van der Waals surface area (Å²) in [5.74, 6) is 0.745. The number of methoxy groups -OCH3 is 2. The van der Waals surface area contributed by atoms with Gasteiger partial charge in [-0.3, -0.25) is 0 Å². The van der Waals surface area contributed by atoms with Crippen LogP contribution in [0.4, 0.5) is 5.69 Å². The van der Waals surface area contributed by atoms with Crippen LogP contribution in [0.3, 0.4) is 0 Å². The van der Waals surface area contributed by atoms with E-state index < -0.39 is 10.0 Å². The Labute approximate surface area is 183 Å². The molecular weight excluding hydrogens is 410 g/mol. The van der Waals surface area contributed by atoms with Gasteiger partial charge in [0.1, 0.15) is 5.75 Å². The van der Waals surface area contributed by atoms with Crippen LogP contribution < -0.4 is 9.04 Å². The Kier molecular flexibility index (Phi) is 5.85. The summed E-state index contributed by atoms with van der Waals surface area (Å²) in [6.45, 7) is 1.94. The second-order valence-electron chi connectivity index (χ2n) is 7.48. The van der Waals surface area contributed by atoms with E-state index >= 15 is 0 Å². The number of sulfonamides is 1. The number of benzene rings is 3. The van der Waals surface area contributed by atoms with Crippen molar-refractivity contribution < 1.29 is 17.9 Å². The molecule has 0 spiro atoms. The zero-order valence-electron chi connectivity index (χ0n) is 17.8. The van der Waals surface area contributed by atoms with Gasteiger partial charge in [0.25, 0.3) is 10.0 Å². The Hall–Kier alpha value is -3.09. The Balaban J connectivity index is 1.89. The summed E-state index contributed by atoms with van der Waals surface area (Å²) >= 11 is 0. The minimum Gasteiger partial charge on any atom is -0.497 e. The van der Waals surface area contributed by atoms with Crippen molar-refractivity contribution in [1.82, 2.24) is 0 Å². The van der Waals surface area contributed by atoms with Crippen LogP contribution in [0.15, 0.2) is 83.4 Å². The summed E-state index contributed by atoms with van der Waals surface area (Å²) in [7, 11) is -0.556. The van der Waals surface area contributed by atoms with Gasteiger partial charge in [0, 0.05) is 24.8 Å². The van der Waals surface area contributed by atoms with Crippen molar-refractivity contribution in [2.45, 2.75) is 24.3 Å². The van der Waals surface area contributed by atoms with Gasteiger partial charge in [0.2, 0.25) is 0 Å². The smallest absolute Gasteiger partial charge is 0.268 e. The van der Waals surface area contributed by atoms with Crippen LogP contribution in [0.5, 0.6) is 5.75 Å². The molecule has 0 fully saturated rings. The predicted octanol–water partition coefficient (Wildman–Crippen LogP) is 5.33. The van der Waals surface area contributed by atoms with E-state index in [1.165, 1.54) is 4.31 Å². The number of hydrogen-bond acceptors (Lipinski definition) is 4. The Bertz CT molecular complexity index is 1200. The highest BCUT2D eigenvalue weighted by Gasteiger charge is 2.36. The lowest BCUT2D eigenvalue weighted by atomic mass is 9.97. The molecule has 0 amide bonds. The van der Waals surface area contributed by atoms with Crippen molar-refractivity contribution in [3.63, 3.8) is 0 Å². The molecule has 0 radical (unpaired) electrons. The first-order chi connectivity index (χ1) is 14.9. The average Bonchev–Trinajstić information content (AvgIpc) is 2.79. The van der Waals surface area contributed by atoms with E-state index in [2.05, 4.69) is 0 Å². The lowest BCUT2D eigenvalue weighted by Crippen LogP contribution is -2.35. The van der Waals surface area contributed by atoms with E-state index in [-0.39, 0.29) is 11.0 Å². The third kappa shape index (κ3) is 4.09. The van der Waals surface area contributed by atoms with Gasteiger partial charge in [-0.15, -0.1) is 0 Å². The maximum Gasteiger partial charge on any atom is 0.268 e. The number of aryl methyl sites for hydroxylation is 1. The topological polar surface area (TPSA) is 55.8 Å². The van der Waals surface area contributed by atoms with Crippen molar-refractivity contribution in [3.8, 4) is 5.75 Å². The Morgan fingerprint density at radius 1 is 0.935 bits per heavy atom. The zero-order valence-corrected chi connectivity index (χ0v) is 18.6. The van der Waals surface area contributed by atoms with Crippen LogP contribution in [0.25, 0.3) is 6.08 Å². The quantitative estimate of drug-likeness (QED) is 0.543. The first-order valence-corrected chi connectivity index (χ1v) is 11.5. The maximum absolute atomic E-state index is 13.8. The molecule has 1 unspecified atom stereocenters. The summed E-state index contributed by atoms with van der Waals surface area (Å²) in [5, 5.41) is 0.